The molecule has 4 heteroatoms. The lowest BCUT2D eigenvalue weighted by Crippen LogP contribution is -2.34. The van der Waals surface area contributed by atoms with Crippen LogP contribution in [-0.2, 0) is 4.74 Å². The van der Waals surface area contributed by atoms with E-state index in [1.165, 1.54) is 0 Å². The standard InChI is InChI=1S/C12H14ClNO2/c1-12(5-2-6-16-12)11(15)8-3-4-10(14)9(13)7-8/h3-4,7H,2,5-6,14H2,1H3. The summed E-state index contributed by atoms with van der Waals surface area (Å²) >= 11 is 5.89. The van der Waals surface area contributed by atoms with E-state index in [0.717, 1.165) is 12.8 Å². The number of halogens is 1. The Hall–Kier alpha value is -1.06. The Bertz CT molecular complexity index is 425. The van der Waals surface area contributed by atoms with Gasteiger partial charge in [-0.15, -0.1) is 0 Å². The second-order valence-electron chi connectivity index (χ2n) is 4.25. The number of carbonyl (C=O) groups excluding carboxylic acids is 1. The summed E-state index contributed by atoms with van der Waals surface area (Å²) in [5.74, 6) is -0.0214. The number of rotatable bonds is 2. The van der Waals surface area contributed by atoms with Crippen molar-refractivity contribution in [1.82, 2.24) is 0 Å². The van der Waals surface area contributed by atoms with Crippen LogP contribution in [0.3, 0.4) is 0 Å². The van der Waals surface area contributed by atoms with Crippen molar-refractivity contribution in [2.75, 3.05) is 12.3 Å². The third-order valence-electron chi connectivity index (χ3n) is 2.96. The molecule has 0 aromatic heterocycles. The van der Waals surface area contributed by atoms with Crippen molar-refractivity contribution in [3.8, 4) is 0 Å². The molecule has 0 spiro atoms. The molecular weight excluding hydrogens is 226 g/mol. The number of nitrogens with two attached hydrogens (primary N) is 1. The minimum atomic E-state index is -0.695. The van der Waals surface area contributed by atoms with Crippen LogP contribution < -0.4 is 5.73 Å². The Kier molecular flexibility index (Phi) is 2.91. The highest BCUT2D eigenvalue weighted by molar-refractivity contribution is 6.33. The first-order valence-electron chi connectivity index (χ1n) is 5.27. The minimum Gasteiger partial charge on any atom is -0.398 e. The van der Waals surface area contributed by atoms with Crippen molar-refractivity contribution >= 4 is 23.1 Å². The summed E-state index contributed by atoms with van der Waals surface area (Å²) in [6, 6.07) is 4.94. The van der Waals surface area contributed by atoms with E-state index in [1.807, 2.05) is 6.92 Å². The zero-order valence-electron chi connectivity index (χ0n) is 9.13. The van der Waals surface area contributed by atoms with Crippen LogP contribution in [0.25, 0.3) is 0 Å². The highest BCUT2D eigenvalue weighted by Gasteiger charge is 2.38. The van der Waals surface area contributed by atoms with E-state index in [1.54, 1.807) is 18.2 Å². The lowest BCUT2D eigenvalue weighted by atomic mass is 9.92. The fraction of sp³-hybridized carbons (Fsp3) is 0.417. The van der Waals surface area contributed by atoms with Crippen LogP contribution in [0.4, 0.5) is 5.69 Å². The number of carbonyl (C=O) groups is 1. The van der Waals surface area contributed by atoms with E-state index in [9.17, 15) is 4.79 Å². The maximum Gasteiger partial charge on any atom is 0.194 e. The van der Waals surface area contributed by atoms with Gasteiger partial charge in [0.05, 0.1) is 10.7 Å². The van der Waals surface area contributed by atoms with Gasteiger partial charge in [0.25, 0.3) is 0 Å². The normalized spacial score (nSPS) is 24.6. The van der Waals surface area contributed by atoms with Crippen LogP contribution in [0.1, 0.15) is 30.1 Å². The van der Waals surface area contributed by atoms with Crippen LogP contribution in [0.5, 0.6) is 0 Å². The van der Waals surface area contributed by atoms with Crippen LogP contribution >= 0.6 is 11.6 Å². The molecule has 0 amide bonds. The van der Waals surface area contributed by atoms with Crippen LogP contribution in [-0.4, -0.2) is 18.0 Å². The molecule has 1 fully saturated rings. The van der Waals surface area contributed by atoms with Gasteiger partial charge >= 0.3 is 0 Å². The molecular formula is C12H14ClNO2. The van der Waals surface area contributed by atoms with Crippen molar-refractivity contribution in [3.63, 3.8) is 0 Å². The first-order chi connectivity index (χ1) is 7.53. The van der Waals surface area contributed by atoms with E-state index in [2.05, 4.69) is 0 Å². The van der Waals surface area contributed by atoms with E-state index >= 15 is 0 Å². The maximum absolute atomic E-state index is 12.2. The summed E-state index contributed by atoms with van der Waals surface area (Å²) in [4.78, 5) is 12.2. The van der Waals surface area contributed by atoms with E-state index < -0.39 is 5.60 Å². The maximum atomic E-state index is 12.2. The molecule has 1 heterocycles. The van der Waals surface area contributed by atoms with Gasteiger partial charge in [-0.25, -0.2) is 0 Å². The van der Waals surface area contributed by atoms with Crippen molar-refractivity contribution < 1.29 is 9.53 Å². The summed E-state index contributed by atoms with van der Waals surface area (Å²) in [6.45, 7) is 2.47. The number of benzene rings is 1. The smallest absolute Gasteiger partial charge is 0.194 e. The molecule has 1 saturated heterocycles. The summed E-state index contributed by atoms with van der Waals surface area (Å²) in [6.07, 6.45) is 1.68. The average molecular weight is 240 g/mol. The molecule has 1 aliphatic rings. The van der Waals surface area contributed by atoms with E-state index in [0.29, 0.717) is 22.9 Å². The van der Waals surface area contributed by atoms with Crippen molar-refractivity contribution in [2.45, 2.75) is 25.4 Å². The monoisotopic (exact) mass is 239 g/mol. The Morgan fingerprint density at radius 1 is 1.56 bits per heavy atom. The van der Waals surface area contributed by atoms with Crippen molar-refractivity contribution in [3.05, 3.63) is 28.8 Å². The summed E-state index contributed by atoms with van der Waals surface area (Å²) in [7, 11) is 0. The summed E-state index contributed by atoms with van der Waals surface area (Å²) in [5.41, 5.74) is 5.95. The molecule has 2 rings (SSSR count). The lowest BCUT2D eigenvalue weighted by molar-refractivity contribution is 0.0213. The number of nitrogen functional groups attached to an aromatic ring is 1. The second kappa shape index (κ2) is 4.07. The Morgan fingerprint density at radius 3 is 2.88 bits per heavy atom. The molecule has 2 N–H and O–H groups in total. The number of anilines is 1. The predicted octanol–water partition coefficient (Wildman–Crippen LogP) is 2.67. The SMILES string of the molecule is CC1(C(=O)c2ccc(N)c(Cl)c2)CCCO1. The molecule has 1 aliphatic heterocycles. The van der Waals surface area contributed by atoms with Crippen LogP contribution in [0, 0.1) is 0 Å². The number of Topliss-reactive ketones (excluding diaryl/α,β-unsaturated/α-hetero) is 1. The third-order valence-corrected chi connectivity index (χ3v) is 3.29. The molecule has 1 atom stereocenters. The zero-order valence-corrected chi connectivity index (χ0v) is 9.88. The number of ether oxygens (including phenoxy) is 1. The van der Waals surface area contributed by atoms with Crippen molar-refractivity contribution in [1.29, 1.82) is 0 Å². The predicted molar refractivity (Wildman–Crippen MR) is 63.8 cm³/mol. The molecule has 16 heavy (non-hydrogen) atoms. The average Bonchev–Trinajstić information content (AvgIpc) is 2.70. The van der Waals surface area contributed by atoms with Gasteiger partial charge in [-0.05, 0) is 38.0 Å². The van der Waals surface area contributed by atoms with E-state index in [4.69, 9.17) is 22.1 Å². The molecule has 0 bridgehead atoms. The fourth-order valence-corrected chi connectivity index (χ4v) is 2.11. The molecule has 1 unspecified atom stereocenters. The third kappa shape index (κ3) is 1.93. The zero-order chi connectivity index (χ0) is 11.8. The Balaban J connectivity index is 2.30. The number of hydrogen-bond acceptors (Lipinski definition) is 3. The first kappa shape index (κ1) is 11.4. The van der Waals surface area contributed by atoms with Gasteiger partial charge < -0.3 is 10.5 Å². The molecule has 0 aliphatic carbocycles. The van der Waals surface area contributed by atoms with Crippen molar-refractivity contribution in [2.24, 2.45) is 0 Å². The highest BCUT2D eigenvalue weighted by Crippen LogP contribution is 2.30. The molecule has 1 aromatic carbocycles. The van der Waals surface area contributed by atoms with Gasteiger partial charge in [0, 0.05) is 12.2 Å². The quantitative estimate of drug-likeness (QED) is 0.638. The largest absolute Gasteiger partial charge is 0.398 e. The molecule has 3 nitrogen and oxygen atoms in total. The van der Waals surface area contributed by atoms with Gasteiger partial charge in [0.2, 0.25) is 0 Å². The second-order valence-corrected chi connectivity index (χ2v) is 4.66. The topological polar surface area (TPSA) is 52.3 Å². The molecule has 0 saturated carbocycles. The van der Waals surface area contributed by atoms with Gasteiger partial charge in [-0.1, -0.05) is 11.6 Å². The first-order valence-corrected chi connectivity index (χ1v) is 5.64. The molecule has 0 radical (unpaired) electrons. The Labute approximate surface area is 99.5 Å². The minimum absolute atomic E-state index is 0.0214. The van der Waals surface area contributed by atoms with Gasteiger partial charge in [-0.2, -0.15) is 0 Å². The molecule has 86 valence electrons. The van der Waals surface area contributed by atoms with Gasteiger partial charge in [0.15, 0.2) is 5.78 Å². The summed E-state index contributed by atoms with van der Waals surface area (Å²) in [5, 5.41) is 0.410. The van der Waals surface area contributed by atoms with E-state index in [-0.39, 0.29) is 5.78 Å². The van der Waals surface area contributed by atoms with Crippen LogP contribution in [0.15, 0.2) is 18.2 Å². The van der Waals surface area contributed by atoms with Crippen LogP contribution in [0.2, 0.25) is 5.02 Å². The highest BCUT2D eigenvalue weighted by atomic mass is 35.5. The number of ketones is 1. The summed E-state index contributed by atoms with van der Waals surface area (Å²) < 4.78 is 5.50. The number of hydrogen-bond donors (Lipinski definition) is 1. The van der Waals surface area contributed by atoms with Gasteiger partial charge in [0.1, 0.15) is 5.60 Å². The Morgan fingerprint density at radius 2 is 2.31 bits per heavy atom. The van der Waals surface area contributed by atoms with Gasteiger partial charge in [-0.3, -0.25) is 4.79 Å². The molecule has 1 aromatic rings. The lowest BCUT2D eigenvalue weighted by Gasteiger charge is -2.21. The fourth-order valence-electron chi connectivity index (χ4n) is 1.93.